The zero-order valence-electron chi connectivity index (χ0n) is 11.9. The Morgan fingerprint density at radius 2 is 2.20 bits per heavy atom. The van der Waals surface area contributed by atoms with Crippen LogP contribution in [0.3, 0.4) is 0 Å². The second-order valence-electron chi connectivity index (χ2n) is 5.49. The van der Waals surface area contributed by atoms with Gasteiger partial charge in [0, 0.05) is 36.2 Å². The van der Waals surface area contributed by atoms with Crippen molar-refractivity contribution in [1.29, 1.82) is 0 Å². The van der Waals surface area contributed by atoms with E-state index in [1.807, 2.05) is 30.7 Å². The van der Waals surface area contributed by atoms with Crippen LogP contribution in [0.5, 0.6) is 0 Å². The smallest absolute Gasteiger partial charge is 0.0482 e. The van der Waals surface area contributed by atoms with Gasteiger partial charge in [0.15, 0.2) is 0 Å². The van der Waals surface area contributed by atoms with Crippen LogP contribution >= 0.6 is 0 Å². The first-order valence-corrected chi connectivity index (χ1v) is 7.38. The molecule has 1 aliphatic rings. The number of aryl methyl sites for hydroxylation is 2. The van der Waals surface area contributed by atoms with Crippen molar-refractivity contribution >= 4 is 0 Å². The van der Waals surface area contributed by atoms with Gasteiger partial charge in [-0.1, -0.05) is 12.1 Å². The number of nitrogens with one attached hydrogen (secondary N) is 1. The first-order valence-electron chi connectivity index (χ1n) is 7.38. The molecule has 2 unspecified atom stereocenters. The van der Waals surface area contributed by atoms with Gasteiger partial charge in [0.1, 0.15) is 0 Å². The number of pyridine rings is 2. The molecule has 0 bridgehead atoms. The summed E-state index contributed by atoms with van der Waals surface area (Å²) >= 11 is 0. The molecule has 0 amide bonds. The number of fused-ring (bicyclic) bond motifs is 1. The van der Waals surface area contributed by atoms with Crippen molar-refractivity contribution in [2.45, 2.75) is 37.6 Å². The van der Waals surface area contributed by atoms with Crippen LogP contribution in [0.15, 0.2) is 42.9 Å². The van der Waals surface area contributed by atoms with E-state index in [-0.39, 0.29) is 0 Å². The summed E-state index contributed by atoms with van der Waals surface area (Å²) in [5.41, 5.74) is 4.05. The van der Waals surface area contributed by atoms with E-state index < -0.39 is 0 Å². The molecule has 0 aliphatic heterocycles. The predicted molar refractivity (Wildman–Crippen MR) is 80.7 cm³/mol. The van der Waals surface area contributed by atoms with E-state index in [2.05, 4.69) is 34.5 Å². The lowest BCUT2D eigenvalue weighted by Gasteiger charge is -2.23. The van der Waals surface area contributed by atoms with Crippen LogP contribution in [0.2, 0.25) is 0 Å². The summed E-state index contributed by atoms with van der Waals surface area (Å²) in [6, 6.07) is 8.92. The van der Waals surface area contributed by atoms with E-state index in [9.17, 15) is 0 Å². The molecule has 1 aliphatic carbocycles. The number of hydrogen-bond donors (Lipinski definition) is 1. The number of rotatable bonds is 5. The van der Waals surface area contributed by atoms with Gasteiger partial charge in [-0.2, -0.15) is 0 Å². The summed E-state index contributed by atoms with van der Waals surface area (Å²) in [4.78, 5) is 8.80. The van der Waals surface area contributed by atoms with Crippen LogP contribution in [0, 0.1) is 0 Å². The van der Waals surface area contributed by atoms with Gasteiger partial charge in [-0.15, -0.1) is 0 Å². The fourth-order valence-corrected chi connectivity index (χ4v) is 3.25. The van der Waals surface area contributed by atoms with Gasteiger partial charge in [-0.3, -0.25) is 9.97 Å². The van der Waals surface area contributed by atoms with E-state index >= 15 is 0 Å². The Morgan fingerprint density at radius 3 is 3.00 bits per heavy atom. The van der Waals surface area contributed by atoms with Gasteiger partial charge >= 0.3 is 0 Å². The van der Waals surface area contributed by atoms with Crippen LogP contribution in [-0.2, 0) is 12.8 Å². The highest BCUT2D eigenvalue weighted by atomic mass is 14.9. The Labute approximate surface area is 120 Å². The lowest BCUT2D eigenvalue weighted by Crippen LogP contribution is -2.32. The zero-order valence-corrected chi connectivity index (χ0v) is 11.9. The fraction of sp³-hybridized carbons (Fsp3) is 0.412. The van der Waals surface area contributed by atoms with Crippen molar-refractivity contribution in [2.75, 3.05) is 7.05 Å². The maximum atomic E-state index is 4.61. The van der Waals surface area contributed by atoms with Crippen molar-refractivity contribution in [3.05, 3.63) is 59.7 Å². The topological polar surface area (TPSA) is 37.8 Å². The highest BCUT2D eigenvalue weighted by Gasteiger charge is 2.29. The maximum Gasteiger partial charge on any atom is 0.0482 e. The molecule has 0 aromatic carbocycles. The molecule has 0 fully saturated rings. The van der Waals surface area contributed by atoms with Crippen molar-refractivity contribution in [3.63, 3.8) is 0 Å². The fourth-order valence-electron chi connectivity index (χ4n) is 3.25. The van der Waals surface area contributed by atoms with Crippen LogP contribution in [0.1, 0.15) is 35.6 Å². The molecular weight excluding hydrogens is 246 g/mol. The van der Waals surface area contributed by atoms with Crippen LogP contribution in [0.25, 0.3) is 0 Å². The average molecular weight is 267 g/mol. The van der Waals surface area contributed by atoms with Crippen molar-refractivity contribution < 1.29 is 0 Å². The second-order valence-corrected chi connectivity index (χ2v) is 5.49. The van der Waals surface area contributed by atoms with E-state index in [4.69, 9.17) is 0 Å². The molecule has 1 N–H and O–H groups in total. The van der Waals surface area contributed by atoms with Gasteiger partial charge in [0.05, 0.1) is 0 Å². The molecule has 0 saturated heterocycles. The summed E-state index contributed by atoms with van der Waals surface area (Å²) in [5.74, 6) is 0.549. The van der Waals surface area contributed by atoms with Crippen molar-refractivity contribution in [1.82, 2.24) is 15.3 Å². The molecule has 0 radical (unpaired) electrons. The first-order chi connectivity index (χ1) is 9.88. The average Bonchev–Trinajstić information content (AvgIpc) is 2.93. The largest absolute Gasteiger partial charge is 0.316 e. The number of likely N-dealkylation sites (N-methyl/N-ethyl adjacent to an activating group) is 1. The Hall–Kier alpha value is -1.74. The van der Waals surface area contributed by atoms with Gasteiger partial charge in [0.2, 0.25) is 0 Å². The highest BCUT2D eigenvalue weighted by molar-refractivity contribution is 5.30. The third-order valence-electron chi connectivity index (χ3n) is 4.33. The minimum Gasteiger partial charge on any atom is -0.316 e. The van der Waals surface area contributed by atoms with E-state index in [0.717, 1.165) is 12.8 Å². The lowest BCUT2D eigenvalue weighted by atomic mass is 9.92. The van der Waals surface area contributed by atoms with Crippen LogP contribution < -0.4 is 5.32 Å². The van der Waals surface area contributed by atoms with Crippen molar-refractivity contribution in [3.8, 4) is 0 Å². The Bertz CT molecular complexity index is 553. The standard InChI is InChI=1S/C17H21N3/c1-18-16(9-6-13-4-2-10-19-12-13)15-8-7-14-5-3-11-20-17(14)15/h2-5,10-12,15-16,18H,6-9H2,1H3. The molecule has 3 nitrogen and oxygen atoms in total. The number of aromatic nitrogens is 2. The third-order valence-corrected chi connectivity index (χ3v) is 4.33. The van der Waals surface area contributed by atoms with Crippen LogP contribution in [-0.4, -0.2) is 23.1 Å². The molecule has 3 heteroatoms. The maximum absolute atomic E-state index is 4.61. The lowest BCUT2D eigenvalue weighted by molar-refractivity contribution is 0.427. The monoisotopic (exact) mass is 267 g/mol. The molecule has 2 aromatic heterocycles. The van der Waals surface area contributed by atoms with Gasteiger partial charge in [0.25, 0.3) is 0 Å². The van der Waals surface area contributed by atoms with E-state index in [0.29, 0.717) is 12.0 Å². The highest BCUT2D eigenvalue weighted by Crippen LogP contribution is 2.34. The quantitative estimate of drug-likeness (QED) is 0.905. The first kappa shape index (κ1) is 13.3. The number of nitrogens with zero attached hydrogens (tertiary/aromatic N) is 2. The molecular formula is C17H21N3. The normalized spacial score (nSPS) is 18.8. The molecule has 0 spiro atoms. The minimum absolute atomic E-state index is 0.492. The minimum atomic E-state index is 0.492. The molecule has 0 saturated carbocycles. The van der Waals surface area contributed by atoms with Crippen LogP contribution in [0.4, 0.5) is 0 Å². The van der Waals surface area contributed by atoms with Gasteiger partial charge < -0.3 is 5.32 Å². The summed E-state index contributed by atoms with van der Waals surface area (Å²) in [5, 5.41) is 3.49. The molecule has 3 rings (SSSR count). The SMILES string of the molecule is CNC(CCc1cccnc1)C1CCc2cccnc21. The molecule has 104 valence electrons. The van der Waals surface area contributed by atoms with Gasteiger partial charge in [-0.05, 0) is 56.0 Å². The molecule has 20 heavy (non-hydrogen) atoms. The third kappa shape index (κ3) is 2.73. The summed E-state index contributed by atoms with van der Waals surface area (Å²) in [6.07, 6.45) is 10.3. The predicted octanol–water partition coefficient (Wildman–Crippen LogP) is 2.73. The second kappa shape index (κ2) is 6.14. The summed E-state index contributed by atoms with van der Waals surface area (Å²) in [6.45, 7) is 0. The zero-order chi connectivity index (χ0) is 13.8. The van der Waals surface area contributed by atoms with Crippen molar-refractivity contribution in [2.24, 2.45) is 0 Å². The van der Waals surface area contributed by atoms with E-state index in [1.165, 1.54) is 29.7 Å². The molecule has 2 heterocycles. The Balaban J connectivity index is 1.69. The molecule has 2 atom stereocenters. The molecule has 2 aromatic rings. The summed E-state index contributed by atoms with van der Waals surface area (Å²) < 4.78 is 0. The Morgan fingerprint density at radius 1 is 1.30 bits per heavy atom. The van der Waals surface area contributed by atoms with E-state index in [1.54, 1.807) is 0 Å². The number of hydrogen-bond acceptors (Lipinski definition) is 3. The Kier molecular flexibility index (Phi) is 4.07. The van der Waals surface area contributed by atoms with Gasteiger partial charge in [-0.25, -0.2) is 0 Å². The summed E-state index contributed by atoms with van der Waals surface area (Å²) in [7, 11) is 2.06.